The molecule has 92 valence electrons. The second-order valence-corrected chi connectivity index (χ2v) is 3.47. The molecule has 0 fully saturated rings. The highest BCUT2D eigenvalue weighted by atomic mass is 19.1. The van der Waals surface area contributed by atoms with E-state index < -0.39 is 17.7 Å². The van der Waals surface area contributed by atoms with E-state index in [0.717, 1.165) is 18.2 Å². The zero-order valence-corrected chi connectivity index (χ0v) is 9.15. The predicted molar refractivity (Wildman–Crippen MR) is 63.2 cm³/mol. The number of amides is 2. The summed E-state index contributed by atoms with van der Waals surface area (Å²) in [6.45, 7) is 0. The van der Waals surface area contributed by atoms with E-state index in [4.69, 9.17) is 0 Å². The molecule has 0 atom stereocenters. The van der Waals surface area contributed by atoms with Crippen molar-refractivity contribution in [3.8, 4) is 0 Å². The first-order chi connectivity index (χ1) is 8.63. The molecule has 1 aromatic carbocycles. The molecule has 0 radical (unpaired) electrons. The summed E-state index contributed by atoms with van der Waals surface area (Å²) in [5.41, 5.74) is 0.568. The number of urea groups is 1. The molecule has 4 nitrogen and oxygen atoms in total. The number of anilines is 2. The molecule has 2 aromatic rings. The van der Waals surface area contributed by atoms with Crippen molar-refractivity contribution < 1.29 is 13.6 Å². The first-order valence-corrected chi connectivity index (χ1v) is 5.07. The van der Waals surface area contributed by atoms with E-state index >= 15 is 0 Å². The fourth-order valence-corrected chi connectivity index (χ4v) is 1.35. The number of carbonyl (C=O) groups is 1. The Morgan fingerprint density at radius 1 is 0.944 bits per heavy atom. The van der Waals surface area contributed by atoms with Crippen LogP contribution in [0.5, 0.6) is 0 Å². The van der Waals surface area contributed by atoms with Gasteiger partial charge in [0, 0.05) is 29.8 Å². The van der Waals surface area contributed by atoms with Crippen LogP contribution in [0.4, 0.5) is 25.0 Å². The first-order valence-electron chi connectivity index (χ1n) is 5.07. The van der Waals surface area contributed by atoms with Crippen LogP contribution in [0, 0.1) is 11.6 Å². The number of aromatic nitrogens is 1. The largest absolute Gasteiger partial charge is 0.323 e. The van der Waals surface area contributed by atoms with Crippen LogP contribution in [0.15, 0.2) is 42.7 Å². The van der Waals surface area contributed by atoms with Crippen molar-refractivity contribution in [3.05, 3.63) is 54.4 Å². The highest BCUT2D eigenvalue weighted by Crippen LogP contribution is 2.13. The van der Waals surface area contributed by atoms with Crippen LogP contribution in [0.25, 0.3) is 0 Å². The van der Waals surface area contributed by atoms with E-state index in [9.17, 15) is 13.6 Å². The summed E-state index contributed by atoms with van der Waals surface area (Å²) in [5, 5.41) is 4.82. The molecule has 2 N–H and O–H groups in total. The zero-order valence-electron chi connectivity index (χ0n) is 9.15. The fraction of sp³-hybridized carbons (Fsp3) is 0. The molecule has 1 heterocycles. The number of halogens is 2. The van der Waals surface area contributed by atoms with Gasteiger partial charge in [0.2, 0.25) is 0 Å². The third-order valence-electron chi connectivity index (χ3n) is 2.06. The second kappa shape index (κ2) is 5.22. The Balaban J connectivity index is 2.03. The van der Waals surface area contributed by atoms with Crippen molar-refractivity contribution in [3.63, 3.8) is 0 Å². The van der Waals surface area contributed by atoms with Gasteiger partial charge in [0.1, 0.15) is 11.6 Å². The van der Waals surface area contributed by atoms with Crippen molar-refractivity contribution in [2.75, 3.05) is 10.6 Å². The summed E-state index contributed by atoms with van der Waals surface area (Å²) >= 11 is 0. The number of hydrogen-bond acceptors (Lipinski definition) is 2. The van der Waals surface area contributed by atoms with Gasteiger partial charge < -0.3 is 10.6 Å². The van der Waals surface area contributed by atoms with Gasteiger partial charge in [0.05, 0.1) is 0 Å². The lowest BCUT2D eigenvalue weighted by Crippen LogP contribution is -2.19. The van der Waals surface area contributed by atoms with Crippen LogP contribution in [-0.4, -0.2) is 11.0 Å². The summed E-state index contributed by atoms with van der Waals surface area (Å²) in [6.07, 6.45) is 3.02. The molecule has 18 heavy (non-hydrogen) atoms. The summed E-state index contributed by atoms with van der Waals surface area (Å²) in [6, 6.07) is 5.36. The highest BCUT2D eigenvalue weighted by Gasteiger charge is 2.05. The molecule has 0 aliphatic carbocycles. The monoisotopic (exact) mass is 249 g/mol. The lowest BCUT2D eigenvalue weighted by Gasteiger charge is -2.07. The molecule has 0 saturated heterocycles. The number of nitrogens with zero attached hydrogens (tertiary/aromatic N) is 1. The minimum atomic E-state index is -0.755. The van der Waals surface area contributed by atoms with Crippen molar-refractivity contribution in [1.29, 1.82) is 0 Å². The molecule has 0 unspecified atom stereocenters. The summed E-state index contributed by atoms with van der Waals surface area (Å²) < 4.78 is 25.8. The van der Waals surface area contributed by atoms with E-state index in [2.05, 4.69) is 15.6 Å². The lowest BCUT2D eigenvalue weighted by molar-refractivity contribution is 0.262. The average molecular weight is 249 g/mol. The molecule has 0 bridgehead atoms. The van der Waals surface area contributed by atoms with Gasteiger partial charge in [-0.1, -0.05) is 0 Å². The van der Waals surface area contributed by atoms with Crippen LogP contribution >= 0.6 is 0 Å². The molecule has 6 heteroatoms. The lowest BCUT2D eigenvalue weighted by atomic mass is 10.3. The number of carbonyl (C=O) groups excluding carboxylic acids is 1. The topological polar surface area (TPSA) is 54.0 Å². The zero-order chi connectivity index (χ0) is 13.0. The number of nitrogens with one attached hydrogen (secondary N) is 2. The number of pyridine rings is 1. The van der Waals surface area contributed by atoms with Gasteiger partial charge in [-0.2, -0.15) is 0 Å². The third kappa shape index (κ3) is 3.24. The van der Waals surface area contributed by atoms with Gasteiger partial charge in [0.15, 0.2) is 0 Å². The number of benzene rings is 1. The maximum atomic E-state index is 12.9. The summed E-state index contributed by atoms with van der Waals surface area (Å²) in [7, 11) is 0. The van der Waals surface area contributed by atoms with Crippen molar-refractivity contribution in [1.82, 2.24) is 4.98 Å². The van der Waals surface area contributed by atoms with Crippen molar-refractivity contribution in [2.45, 2.75) is 0 Å². The van der Waals surface area contributed by atoms with Crippen LogP contribution in [0.3, 0.4) is 0 Å². The van der Waals surface area contributed by atoms with Crippen molar-refractivity contribution >= 4 is 17.4 Å². The van der Waals surface area contributed by atoms with Gasteiger partial charge in [-0.15, -0.1) is 0 Å². The predicted octanol–water partition coefficient (Wildman–Crippen LogP) is 3.00. The van der Waals surface area contributed by atoms with Gasteiger partial charge in [0.25, 0.3) is 0 Å². The quantitative estimate of drug-likeness (QED) is 0.859. The van der Waals surface area contributed by atoms with E-state index in [-0.39, 0.29) is 5.69 Å². The van der Waals surface area contributed by atoms with E-state index in [1.165, 1.54) is 12.4 Å². The highest BCUT2D eigenvalue weighted by molar-refractivity contribution is 5.99. The smallest absolute Gasteiger partial charge is 0.308 e. The Morgan fingerprint density at radius 3 is 2.11 bits per heavy atom. The molecule has 0 aliphatic rings. The maximum absolute atomic E-state index is 12.9. The molecule has 0 spiro atoms. The SMILES string of the molecule is O=C(Nc1ccncc1)Nc1cc(F)cc(F)c1. The molecule has 1 aromatic heterocycles. The van der Waals surface area contributed by atoms with Crippen LogP contribution in [-0.2, 0) is 0 Å². The fourth-order valence-electron chi connectivity index (χ4n) is 1.35. The Morgan fingerprint density at radius 2 is 1.50 bits per heavy atom. The van der Waals surface area contributed by atoms with E-state index in [0.29, 0.717) is 5.69 Å². The Kier molecular flexibility index (Phi) is 3.47. The molecular formula is C12H9F2N3O. The molecule has 0 aliphatic heterocycles. The molecule has 0 saturated carbocycles. The van der Waals surface area contributed by atoms with Gasteiger partial charge >= 0.3 is 6.03 Å². The van der Waals surface area contributed by atoms with Gasteiger partial charge in [-0.05, 0) is 24.3 Å². The minimum absolute atomic E-state index is 0.0408. The Labute approximate surface area is 102 Å². The van der Waals surface area contributed by atoms with E-state index in [1.54, 1.807) is 12.1 Å². The van der Waals surface area contributed by atoms with Crippen LogP contribution < -0.4 is 10.6 Å². The Bertz CT molecular complexity index is 540. The summed E-state index contributed by atoms with van der Waals surface area (Å²) in [4.78, 5) is 15.3. The minimum Gasteiger partial charge on any atom is -0.308 e. The van der Waals surface area contributed by atoms with E-state index in [1.807, 2.05) is 0 Å². The van der Waals surface area contributed by atoms with Crippen molar-refractivity contribution in [2.24, 2.45) is 0 Å². The first kappa shape index (κ1) is 12.0. The molecular weight excluding hydrogens is 240 g/mol. The second-order valence-electron chi connectivity index (χ2n) is 3.47. The maximum Gasteiger partial charge on any atom is 0.323 e. The van der Waals surface area contributed by atoms with Gasteiger partial charge in [-0.3, -0.25) is 4.98 Å². The molecule has 2 rings (SSSR count). The molecule has 2 amide bonds. The third-order valence-corrected chi connectivity index (χ3v) is 2.06. The average Bonchev–Trinajstić information content (AvgIpc) is 2.28. The van der Waals surface area contributed by atoms with Crippen LogP contribution in [0.2, 0.25) is 0 Å². The summed E-state index contributed by atoms with van der Waals surface area (Å²) in [5.74, 6) is -1.51. The Hall–Kier alpha value is -2.50. The normalized spacial score (nSPS) is 9.89. The number of rotatable bonds is 2. The van der Waals surface area contributed by atoms with Crippen LogP contribution in [0.1, 0.15) is 0 Å². The number of hydrogen-bond donors (Lipinski definition) is 2. The van der Waals surface area contributed by atoms with Gasteiger partial charge in [-0.25, -0.2) is 13.6 Å². The standard InChI is InChI=1S/C12H9F2N3O/c13-8-5-9(14)7-11(6-8)17-12(18)16-10-1-3-15-4-2-10/h1-7H,(H2,15,16,17,18).